The summed E-state index contributed by atoms with van der Waals surface area (Å²) in [4.78, 5) is 4.34. The minimum absolute atomic E-state index is 0.0399. The lowest BCUT2D eigenvalue weighted by molar-refractivity contribution is -0.0328. The first-order chi connectivity index (χ1) is 13.7. The fraction of sp³-hybridized carbons (Fsp3) is 0.368. The molecule has 0 saturated heterocycles. The highest BCUT2D eigenvalue weighted by molar-refractivity contribution is 8.00. The molecule has 0 spiro atoms. The first-order valence-electron chi connectivity index (χ1n) is 9.05. The summed E-state index contributed by atoms with van der Waals surface area (Å²) in [6.45, 7) is 1.87. The quantitative estimate of drug-likeness (QED) is 0.556. The lowest BCUT2D eigenvalue weighted by atomic mass is 10.1. The normalized spacial score (nSPS) is 24.9. The zero-order valence-electron chi connectivity index (χ0n) is 15.3. The Bertz CT molecular complexity index is 1030. The highest BCUT2D eigenvalue weighted by Gasteiger charge is 2.39. The van der Waals surface area contributed by atoms with Gasteiger partial charge in [0.2, 0.25) is 0 Å². The molecule has 0 aliphatic heterocycles. The van der Waals surface area contributed by atoms with E-state index < -0.39 is 17.7 Å². The third kappa shape index (κ3) is 4.19. The molecule has 3 N–H and O–H groups in total. The topological polar surface area (TPSA) is 82.7 Å². The van der Waals surface area contributed by atoms with Crippen LogP contribution in [0.25, 0.3) is 16.9 Å². The SMILES string of the molecule is C[C@H]1C[C@H](Nc2ccnc3cc(-c4cccc(SC(F)(F)F)c4)nn23)[C@@H](O)[C@H]1O. The smallest absolute Gasteiger partial charge is 0.390 e. The molecule has 3 aromatic rings. The van der Waals surface area contributed by atoms with Gasteiger partial charge in [-0.3, -0.25) is 0 Å². The van der Waals surface area contributed by atoms with Crippen molar-refractivity contribution in [3.8, 4) is 11.3 Å². The van der Waals surface area contributed by atoms with E-state index in [0.717, 1.165) is 0 Å². The van der Waals surface area contributed by atoms with Crippen molar-refractivity contribution in [3.05, 3.63) is 42.6 Å². The monoisotopic (exact) mass is 424 g/mol. The zero-order chi connectivity index (χ0) is 20.8. The number of thioether (sulfide) groups is 1. The van der Waals surface area contributed by atoms with Crippen LogP contribution in [-0.2, 0) is 0 Å². The molecule has 4 atom stereocenters. The average molecular weight is 424 g/mol. The molecule has 1 fully saturated rings. The third-order valence-corrected chi connectivity index (χ3v) is 5.75. The van der Waals surface area contributed by atoms with Crippen molar-refractivity contribution in [2.75, 3.05) is 5.32 Å². The summed E-state index contributed by atoms with van der Waals surface area (Å²) in [5.41, 5.74) is -2.82. The van der Waals surface area contributed by atoms with Gasteiger partial charge >= 0.3 is 5.51 Å². The molecule has 1 aliphatic carbocycles. The number of aliphatic hydroxyl groups excluding tert-OH is 2. The van der Waals surface area contributed by atoms with Crippen LogP contribution in [0.2, 0.25) is 0 Å². The Balaban J connectivity index is 1.64. The van der Waals surface area contributed by atoms with E-state index in [-0.39, 0.29) is 28.6 Å². The minimum atomic E-state index is -4.36. The van der Waals surface area contributed by atoms with Crippen LogP contribution in [0.5, 0.6) is 0 Å². The standard InChI is InChI=1S/C19H19F3N4O2S/c1-10-7-14(18(28)17(10)27)24-15-5-6-23-16-9-13(25-26(15)16)11-3-2-4-12(8-11)29-19(20,21)22/h2-6,8-10,14,17-18,24,27-28H,7H2,1H3/t10-,14-,17-,18+/m0/s1. The second-order valence-corrected chi connectivity index (χ2v) is 8.29. The summed E-state index contributed by atoms with van der Waals surface area (Å²) < 4.78 is 39.5. The van der Waals surface area contributed by atoms with E-state index >= 15 is 0 Å². The zero-order valence-corrected chi connectivity index (χ0v) is 16.2. The number of hydrogen-bond acceptors (Lipinski definition) is 6. The van der Waals surface area contributed by atoms with Crippen molar-refractivity contribution >= 4 is 23.2 Å². The average Bonchev–Trinajstić information content (AvgIpc) is 3.19. The van der Waals surface area contributed by atoms with E-state index in [2.05, 4.69) is 15.4 Å². The molecule has 1 saturated carbocycles. The molecule has 154 valence electrons. The van der Waals surface area contributed by atoms with Crippen molar-refractivity contribution in [1.82, 2.24) is 14.6 Å². The summed E-state index contributed by atoms with van der Waals surface area (Å²) in [6, 6.07) is 9.12. The van der Waals surface area contributed by atoms with Gasteiger partial charge in [-0.2, -0.15) is 22.8 Å². The van der Waals surface area contributed by atoms with Crippen LogP contribution in [0, 0.1) is 5.92 Å². The van der Waals surface area contributed by atoms with E-state index in [1.165, 1.54) is 12.1 Å². The number of nitrogens with one attached hydrogen (secondary N) is 1. The Hall–Kier alpha value is -2.30. The third-order valence-electron chi connectivity index (χ3n) is 5.03. The van der Waals surface area contributed by atoms with Crippen LogP contribution >= 0.6 is 11.8 Å². The molecule has 0 radical (unpaired) electrons. The van der Waals surface area contributed by atoms with Crippen molar-refractivity contribution < 1.29 is 23.4 Å². The van der Waals surface area contributed by atoms with Crippen molar-refractivity contribution in [1.29, 1.82) is 0 Å². The number of benzene rings is 1. The van der Waals surface area contributed by atoms with E-state index in [0.29, 0.717) is 29.1 Å². The molecule has 0 amide bonds. The Morgan fingerprint density at radius 2 is 1.97 bits per heavy atom. The number of alkyl halides is 3. The van der Waals surface area contributed by atoms with Gasteiger partial charge in [-0.25, -0.2) is 4.98 Å². The Kier molecular flexibility index (Phi) is 5.18. The van der Waals surface area contributed by atoms with Crippen LogP contribution in [-0.4, -0.2) is 48.6 Å². The van der Waals surface area contributed by atoms with Gasteiger partial charge in [-0.05, 0) is 42.3 Å². The molecule has 6 nitrogen and oxygen atoms in total. The maximum atomic E-state index is 12.7. The highest BCUT2D eigenvalue weighted by Crippen LogP contribution is 2.38. The first kappa shape index (κ1) is 20.0. The lowest BCUT2D eigenvalue weighted by Crippen LogP contribution is -2.35. The van der Waals surface area contributed by atoms with Crippen LogP contribution in [0.1, 0.15) is 13.3 Å². The van der Waals surface area contributed by atoms with Gasteiger partial charge in [-0.1, -0.05) is 19.1 Å². The molecule has 10 heteroatoms. The van der Waals surface area contributed by atoms with E-state index in [9.17, 15) is 23.4 Å². The molecule has 0 bridgehead atoms. The molecule has 0 unspecified atom stereocenters. The largest absolute Gasteiger partial charge is 0.446 e. The molecular formula is C19H19F3N4O2S. The number of anilines is 1. The number of aliphatic hydroxyl groups is 2. The first-order valence-corrected chi connectivity index (χ1v) is 9.86. The van der Waals surface area contributed by atoms with Gasteiger partial charge < -0.3 is 15.5 Å². The second-order valence-electron chi connectivity index (χ2n) is 7.15. The fourth-order valence-corrected chi connectivity index (χ4v) is 4.19. The molecule has 4 rings (SSSR count). The van der Waals surface area contributed by atoms with Crippen LogP contribution in [0.4, 0.5) is 19.0 Å². The van der Waals surface area contributed by atoms with Gasteiger partial charge in [-0.15, -0.1) is 0 Å². The fourth-order valence-electron chi connectivity index (χ4n) is 3.59. The van der Waals surface area contributed by atoms with Crippen molar-refractivity contribution in [2.45, 2.75) is 42.0 Å². The number of fused-ring (bicyclic) bond motifs is 1. The molecule has 1 aliphatic rings. The number of rotatable bonds is 4. The molecule has 2 aromatic heterocycles. The van der Waals surface area contributed by atoms with Gasteiger partial charge in [0.05, 0.1) is 17.8 Å². The van der Waals surface area contributed by atoms with E-state index in [1.807, 2.05) is 6.92 Å². The predicted molar refractivity (Wildman–Crippen MR) is 104 cm³/mol. The summed E-state index contributed by atoms with van der Waals surface area (Å²) in [5.74, 6) is 0.536. The molecule has 2 heterocycles. The van der Waals surface area contributed by atoms with E-state index in [4.69, 9.17) is 0 Å². The van der Waals surface area contributed by atoms with Gasteiger partial charge in [0.1, 0.15) is 11.9 Å². The van der Waals surface area contributed by atoms with Crippen LogP contribution in [0.3, 0.4) is 0 Å². The molecular weight excluding hydrogens is 405 g/mol. The summed E-state index contributed by atoms with van der Waals surface area (Å²) in [6.07, 6.45) is 0.475. The Morgan fingerprint density at radius 1 is 1.17 bits per heavy atom. The summed E-state index contributed by atoms with van der Waals surface area (Å²) in [7, 11) is 0. The summed E-state index contributed by atoms with van der Waals surface area (Å²) >= 11 is -0.173. The molecule has 1 aromatic carbocycles. The van der Waals surface area contributed by atoms with Gasteiger partial charge in [0.25, 0.3) is 0 Å². The predicted octanol–water partition coefficient (Wildman–Crippen LogP) is 3.55. The van der Waals surface area contributed by atoms with Crippen molar-refractivity contribution in [2.24, 2.45) is 5.92 Å². The minimum Gasteiger partial charge on any atom is -0.390 e. The number of aromatic nitrogens is 3. The maximum absolute atomic E-state index is 12.7. The molecule has 29 heavy (non-hydrogen) atoms. The lowest BCUT2D eigenvalue weighted by Gasteiger charge is -2.19. The number of hydrogen-bond donors (Lipinski definition) is 3. The van der Waals surface area contributed by atoms with Crippen LogP contribution in [0.15, 0.2) is 47.5 Å². The van der Waals surface area contributed by atoms with Crippen molar-refractivity contribution in [3.63, 3.8) is 0 Å². The number of nitrogens with zero attached hydrogens (tertiary/aromatic N) is 3. The maximum Gasteiger partial charge on any atom is 0.446 e. The van der Waals surface area contributed by atoms with Gasteiger partial charge in [0, 0.05) is 22.7 Å². The van der Waals surface area contributed by atoms with E-state index in [1.54, 1.807) is 35.0 Å². The second kappa shape index (κ2) is 7.51. The number of halogens is 3. The Labute approximate surface area is 168 Å². The van der Waals surface area contributed by atoms with Crippen LogP contribution < -0.4 is 5.32 Å². The summed E-state index contributed by atoms with van der Waals surface area (Å²) in [5, 5.41) is 27.9. The highest BCUT2D eigenvalue weighted by atomic mass is 32.2. The Morgan fingerprint density at radius 3 is 2.66 bits per heavy atom. The van der Waals surface area contributed by atoms with Gasteiger partial charge in [0.15, 0.2) is 5.65 Å².